The minimum absolute atomic E-state index is 0.0720. The molecule has 5 nitrogen and oxygen atoms in total. The fourth-order valence-corrected chi connectivity index (χ4v) is 3.88. The number of fused-ring (bicyclic) bond motifs is 1. The summed E-state index contributed by atoms with van der Waals surface area (Å²) in [4.78, 5) is 23.5. The van der Waals surface area contributed by atoms with E-state index in [1.165, 1.54) is 24.3 Å². The molecule has 0 amide bonds. The lowest BCUT2D eigenvalue weighted by atomic mass is 10.1. The van der Waals surface area contributed by atoms with E-state index in [2.05, 4.69) is 0 Å². The molecule has 0 atom stereocenters. The SMILES string of the molecule is O=C(Cc1cn(Cc2ccc(Cl)cc2Cl)c2ccccc12)Oc1ccc(C(=O)O)cc1. The second-order valence-corrected chi connectivity index (χ2v) is 7.86. The first-order valence-electron chi connectivity index (χ1n) is 9.45. The molecule has 0 aliphatic carbocycles. The quantitative estimate of drug-likeness (QED) is 0.294. The van der Waals surface area contributed by atoms with Gasteiger partial charge in [-0.3, -0.25) is 4.79 Å². The van der Waals surface area contributed by atoms with Crippen LogP contribution in [0.5, 0.6) is 5.75 Å². The van der Waals surface area contributed by atoms with Crippen molar-refractivity contribution in [1.29, 1.82) is 0 Å². The van der Waals surface area contributed by atoms with Crippen LogP contribution in [-0.4, -0.2) is 21.6 Å². The summed E-state index contributed by atoms with van der Waals surface area (Å²) in [5.74, 6) is -1.17. The molecule has 4 aromatic rings. The van der Waals surface area contributed by atoms with Crippen molar-refractivity contribution in [2.75, 3.05) is 0 Å². The van der Waals surface area contributed by atoms with Crippen molar-refractivity contribution < 1.29 is 19.4 Å². The zero-order valence-electron chi connectivity index (χ0n) is 16.2. The van der Waals surface area contributed by atoms with Crippen molar-refractivity contribution in [1.82, 2.24) is 4.57 Å². The molecule has 0 radical (unpaired) electrons. The number of benzene rings is 3. The number of esters is 1. The van der Waals surface area contributed by atoms with Crippen LogP contribution in [0.2, 0.25) is 10.0 Å². The number of carboxylic acid groups (broad SMARTS) is 1. The Morgan fingerprint density at radius 2 is 1.68 bits per heavy atom. The van der Waals surface area contributed by atoms with E-state index in [-0.39, 0.29) is 12.0 Å². The van der Waals surface area contributed by atoms with Crippen LogP contribution in [0.4, 0.5) is 0 Å². The third kappa shape index (κ3) is 4.74. The Labute approximate surface area is 188 Å². The van der Waals surface area contributed by atoms with Crippen molar-refractivity contribution in [2.24, 2.45) is 0 Å². The van der Waals surface area contributed by atoms with Crippen LogP contribution < -0.4 is 4.74 Å². The summed E-state index contributed by atoms with van der Waals surface area (Å²) in [6.07, 6.45) is 1.99. The molecule has 1 aromatic heterocycles. The molecular formula is C24H17Cl2NO4. The molecule has 156 valence electrons. The molecule has 0 aliphatic rings. The van der Waals surface area contributed by atoms with E-state index < -0.39 is 11.9 Å². The highest BCUT2D eigenvalue weighted by Gasteiger charge is 2.15. The van der Waals surface area contributed by atoms with Crippen LogP contribution in [0.3, 0.4) is 0 Å². The molecule has 0 fully saturated rings. The predicted octanol–water partition coefficient (Wildman–Crippen LogP) is 5.84. The van der Waals surface area contributed by atoms with Gasteiger partial charge in [-0.1, -0.05) is 47.5 Å². The van der Waals surface area contributed by atoms with E-state index in [1.54, 1.807) is 12.1 Å². The first kappa shape index (κ1) is 21.0. The highest BCUT2D eigenvalue weighted by atomic mass is 35.5. The van der Waals surface area contributed by atoms with Crippen molar-refractivity contribution in [3.63, 3.8) is 0 Å². The summed E-state index contributed by atoms with van der Waals surface area (Å²) in [5, 5.41) is 11.1. The Morgan fingerprint density at radius 3 is 2.39 bits per heavy atom. The molecule has 3 aromatic carbocycles. The zero-order valence-corrected chi connectivity index (χ0v) is 17.7. The average molecular weight is 454 g/mol. The number of aromatic nitrogens is 1. The van der Waals surface area contributed by atoms with Gasteiger partial charge in [0.1, 0.15) is 5.75 Å². The van der Waals surface area contributed by atoms with Gasteiger partial charge in [0.15, 0.2) is 0 Å². The van der Waals surface area contributed by atoms with E-state index in [4.69, 9.17) is 33.0 Å². The normalized spacial score (nSPS) is 10.9. The number of hydrogen-bond acceptors (Lipinski definition) is 3. The molecule has 1 N–H and O–H groups in total. The molecule has 0 saturated carbocycles. The third-order valence-electron chi connectivity index (χ3n) is 4.89. The van der Waals surface area contributed by atoms with Crippen LogP contribution in [0.1, 0.15) is 21.5 Å². The number of halogens is 2. The maximum atomic E-state index is 12.5. The molecule has 4 rings (SSSR count). The van der Waals surface area contributed by atoms with Crippen LogP contribution >= 0.6 is 23.2 Å². The highest BCUT2D eigenvalue weighted by Crippen LogP contribution is 2.27. The molecule has 0 saturated heterocycles. The molecular weight excluding hydrogens is 437 g/mol. The summed E-state index contributed by atoms with van der Waals surface area (Å²) in [5.41, 5.74) is 2.85. The molecule has 7 heteroatoms. The lowest BCUT2D eigenvalue weighted by molar-refractivity contribution is -0.133. The van der Waals surface area contributed by atoms with Crippen molar-refractivity contribution >= 4 is 46.0 Å². The number of ether oxygens (including phenoxy) is 1. The van der Waals surface area contributed by atoms with Crippen LogP contribution in [0.25, 0.3) is 10.9 Å². The van der Waals surface area contributed by atoms with Crippen molar-refractivity contribution in [3.05, 3.63) is 99.7 Å². The first-order valence-corrected chi connectivity index (χ1v) is 10.2. The van der Waals surface area contributed by atoms with Gasteiger partial charge in [-0.15, -0.1) is 0 Å². The molecule has 0 aliphatic heterocycles. The molecule has 1 heterocycles. The van der Waals surface area contributed by atoms with E-state index in [0.29, 0.717) is 22.3 Å². The zero-order chi connectivity index (χ0) is 22.0. The maximum absolute atomic E-state index is 12.5. The van der Waals surface area contributed by atoms with E-state index in [1.807, 2.05) is 41.1 Å². The second kappa shape index (κ2) is 8.84. The number of aromatic carboxylic acids is 1. The largest absolute Gasteiger partial charge is 0.478 e. The van der Waals surface area contributed by atoms with Gasteiger partial charge in [0.25, 0.3) is 0 Å². The number of nitrogens with zero attached hydrogens (tertiary/aromatic N) is 1. The predicted molar refractivity (Wildman–Crippen MR) is 120 cm³/mol. The first-order chi connectivity index (χ1) is 14.9. The number of para-hydroxylation sites is 1. The molecule has 0 spiro atoms. The van der Waals surface area contributed by atoms with E-state index >= 15 is 0 Å². The lowest BCUT2D eigenvalue weighted by Gasteiger charge is -2.08. The van der Waals surface area contributed by atoms with Gasteiger partial charge < -0.3 is 14.4 Å². The number of carboxylic acids is 1. The number of hydrogen-bond donors (Lipinski definition) is 1. The van der Waals surface area contributed by atoms with Gasteiger partial charge >= 0.3 is 11.9 Å². The van der Waals surface area contributed by atoms with Gasteiger partial charge in [0.05, 0.1) is 12.0 Å². The summed E-state index contributed by atoms with van der Waals surface area (Å²) in [6.45, 7) is 0.530. The van der Waals surface area contributed by atoms with Gasteiger partial charge in [-0.25, -0.2) is 4.79 Å². The third-order valence-corrected chi connectivity index (χ3v) is 5.48. The fraction of sp³-hybridized carbons (Fsp3) is 0.0833. The minimum atomic E-state index is -1.04. The molecule has 0 bridgehead atoms. The second-order valence-electron chi connectivity index (χ2n) is 7.02. The highest BCUT2D eigenvalue weighted by molar-refractivity contribution is 6.35. The van der Waals surface area contributed by atoms with Crippen LogP contribution in [-0.2, 0) is 17.8 Å². The fourth-order valence-electron chi connectivity index (χ4n) is 3.42. The van der Waals surface area contributed by atoms with Gasteiger partial charge in [-0.2, -0.15) is 0 Å². The average Bonchev–Trinajstić information content (AvgIpc) is 3.08. The number of carbonyl (C=O) groups excluding carboxylic acids is 1. The van der Waals surface area contributed by atoms with E-state index in [9.17, 15) is 9.59 Å². The topological polar surface area (TPSA) is 68.5 Å². The summed E-state index contributed by atoms with van der Waals surface area (Å²) in [6, 6.07) is 18.9. The summed E-state index contributed by atoms with van der Waals surface area (Å²) in [7, 11) is 0. The minimum Gasteiger partial charge on any atom is -0.478 e. The standard InChI is InChI=1S/C24H17Cl2NO4/c25-18-8-5-16(21(26)12-18)13-27-14-17(20-3-1-2-4-22(20)27)11-23(28)31-19-9-6-15(7-10-19)24(29)30/h1-10,12,14H,11,13H2,(H,29,30). The number of rotatable bonds is 6. The Bertz CT molecular complexity index is 1280. The van der Waals surface area contributed by atoms with E-state index in [0.717, 1.165) is 22.0 Å². The maximum Gasteiger partial charge on any atom is 0.335 e. The van der Waals surface area contributed by atoms with Gasteiger partial charge in [0.2, 0.25) is 0 Å². The van der Waals surface area contributed by atoms with Crippen molar-refractivity contribution in [2.45, 2.75) is 13.0 Å². The monoisotopic (exact) mass is 453 g/mol. The van der Waals surface area contributed by atoms with Crippen molar-refractivity contribution in [3.8, 4) is 5.75 Å². The summed E-state index contributed by atoms with van der Waals surface area (Å²) >= 11 is 12.3. The Kier molecular flexibility index (Phi) is 5.98. The summed E-state index contributed by atoms with van der Waals surface area (Å²) < 4.78 is 7.42. The van der Waals surface area contributed by atoms with Gasteiger partial charge in [-0.05, 0) is 53.6 Å². The smallest absolute Gasteiger partial charge is 0.335 e. The lowest BCUT2D eigenvalue weighted by Crippen LogP contribution is -2.11. The van der Waals surface area contributed by atoms with Crippen LogP contribution in [0.15, 0.2) is 72.9 Å². The Morgan fingerprint density at radius 1 is 0.935 bits per heavy atom. The molecule has 0 unspecified atom stereocenters. The Balaban J connectivity index is 1.56. The molecule has 31 heavy (non-hydrogen) atoms. The number of carbonyl (C=O) groups is 2. The van der Waals surface area contributed by atoms with Gasteiger partial charge in [0, 0.05) is 33.7 Å². The Hall–Kier alpha value is -3.28. The van der Waals surface area contributed by atoms with Crippen LogP contribution in [0, 0.1) is 0 Å².